The summed E-state index contributed by atoms with van der Waals surface area (Å²) >= 11 is 5.98. The molecule has 4 rings (SSSR count). The van der Waals surface area contributed by atoms with Gasteiger partial charge in [0.15, 0.2) is 5.76 Å². The second-order valence-corrected chi connectivity index (χ2v) is 6.69. The SMILES string of the molecule is Cc1cnc(F)c2c1-c1cnoc1[C@H](CC(N)=O)N=C2c1ccc(Cl)cc1. The monoisotopic (exact) mass is 384 g/mol. The van der Waals surface area contributed by atoms with Gasteiger partial charge in [-0.25, -0.2) is 4.98 Å². The number of fused-ring (bicyclic) bond motifs is 3. The van der Waals surface area contributed by atoms with Crippen LogP contribution in [0.3, 0.4) is 0 Å². The Morgan fingerprint density at radius 1 is 1.26 bits per heavy atom. The number of carbonyl (C=O) groups is 1. The topological polar surface area (TPSA) is 94.4 Å². The van der Waals surface area contributed by atoms with Crippen molar-refractivity contribution in [3.63, 3.8) is 0 Å². The summed E-state index contributed by atoms with van der Waals surface area (Å²) in [5.74, 6) is -0.855. The lowest BCUT2D eigenvalue weighted by atomic mass is 9.92. The molecule has 6 nitrogen and oxygen atoms in total. The molecule has 1 aliphatic rings. The number of primary amides is 1. The zero-order chi connectivity index (χ0) is 19.1. The van der Waals surface area contributed by atoms with Gasteiger partial charge in [0.05, 0.1) is 23.9 Å². The highest BCUT2D eigenvalue weighted by molar-refractivity contribution is 6.30. The average molecular weight is 385 g/mol. The van der Waals surface area contributed by atoms with Gasteiger partial charge in [-0.3, -0.25) is 9.79 Å². The second-order valence-electron chi connectivity index (χ2n) is 6.26. The molecule has 0 fully saturated rings. The molecule has 1 atom stereocenters. The van der Waals surface area contributed by atoms with E-state index in [1.54, 1.807) is 24.3 Å². The number of carbonyl (C=O) groups excluding carboxylic acids is 1. The van der Waals surface area contributed by atoms with Crippen molar-refractivity contribution in [1.82, 2.24) is 10.1 Å². The van der Waals surface area contributed by atoms with Gasteiger partial charge in [0.1, 0.15) is 6.04 Å². The number of hydrogen-bond acceptors (Lipinski definition) is 5. The van der Waals surface area contributed by atoms with Crippen molar-refractivity contribution in [2.45, 2.75) is 19.4 Å². The molecule has 0 aliphatic carbocycles. The lowest BCUT2D eigenvalue weighted by Gasteiger charge is -2.13. The number of amides is 1. The first-order valence-corrected chi connectivity index (χ1v) is 8.56. The summed E-state index contributed by atoms with van der Waals surface area (Å²) < 4.78 is 20.3. The number of halogens is 2. The van der Waals surface area contributed by atoms with Gasteiger partial charge in [0.25, 0.3) is 0 Å². The molecule has 3 heterocycles. The Bertz CT molecular complexity index is 1080. The summed E-state index contributed by atoms with van der Waals surface area (Å²) in [5.41, 5.74) is 8.51. The molecule has 2 N–H and O–H groups in total. The standard InChI is InChI=1S/C19H14ClFN4O2/c1-9-7-23-19(21)16-15(9)12-8-24-27-18(12)13(6-14(22)26)25-17(16)10-2-4-11(20)5-3-10/h2-5,7-8,13H,6H2,1H3,(H2,22,26)/t13-/m0/s1. The maximum absolute atomic E-state index is 14.9. The van der Waals surface area contributed by atoms with Crippen LogP contribution in [0.4, 0.5) is 4.39 Å². The zero-order valence-electron chi connectivity index (χ0n) is 14.2. The summed E-state index contributed by atoms with van der Waals surface area (Å²) in [6.45, 7) is 1.82. The van der Waals surface area contributed by atoms with Crippen molar-refractivity contribution >= 4 is 23.2 Å². The molecular weight excluding hydrogens is 371 g/mol. The van der Waals surface area contributed by atoms with Crippen LogP contribution in [0.1, 0.15) is 34.9 Å². The Labute approximate surface area is 158 Å². The van der Waals surface area contributed by atoms with Gasteiger partial charge in [-0.1, -0.05) is 28.9 Å². The zero-order valence-corrected chi connectivity index (χ0v) is 15.0. The van der Waals surface area contributed by atoms with Crippen LogP contribution < -0.4 is 5.73 Å². The predicted octanol–water partition coefficient (Wildman–Crippen LogP) is 3.61. The summed E-state index contributed by atoms with van der Waals surface area (Å²) in [7, 11) is 0. The number of nitrogens with two attached hydrogens (primary N) is 1. The normalized spacial score (nSPS) is 15.5. The third-order valence-electron chi connectivity index (χ3n) is 4.43. The first-order valence-electron chi connectivity index (χ1n) is 8.18. The lowest BCUT2D eigenvalue weighted by Crippen LogP contribution is -2.15. The molecule has 0 saturated carbocycles. The van der Waals surface area contributed by atoms with Crippen LogP contribution in [0, 0.1) is 12.9 Å². The van der Waals surface area contributed by atoms with Crippen molar-refractivity contribution in [3.8, 4) is 11.1 Å². The van der Waals surface area contributed by atoms with E-state index in [0.29, 0.717) is 33.2 Å². The number of aromatic nitrogens is 2. The molecule has 2 aromatic heterocycles. The lowest BCUT2D eigenvalue weighted by molar-refractivity contribution is -0.118. The van der Waals surface area contributed by atoms with E-state index in [4.69, 9.17) is 21.9 Å². The minimum absolute atomic E-state index is 0.0959. The van der Waals surface area contributed by atoms with Gasteiger partial charge in [-0.15, -0.1) is 0 Å². The van der Waals surface area contributed by atoms with Crippen LogP contribution in [0.25, 0.3) is 11.1 Å². The molecule has 1 aliphatic heterocycles. The maximum Gasteiger partial charge on any atom is 0.222 e. The average Bonchev–Trinajstić information content (AvgIpc) is 3.06. The van der Waals surface area contributed by atoms with Crippen LogP contribution in [-0.2, 0) is 4.79 Å². The van der Waals surface area contributed by atoms with E-state index in [2.05, 4.69) is 15.1 Å². The molecule has 0 unspecified atom stereocenters. The van der Waals surface area contributed by atoms with E-state index in [1.165, 1.54) is 12.4 Å². The molecule has 1 amide bonds. The summed E-state index contributed by atoms with van der Waals surface area (Å²) in [4.78, 5) is 20.1. The molecule has 136 valence electrons. The van der Waals surface area contributed by atoms with E-state index in [0.717, 1.165) is 5.56 Å². The first kappa shape index (κ1) is 17.4. The van der Waals surface area contributed by atoms with Crippen LogP contribution in [0.15, 0.2) is 46.2 Å². The molecule has 8 heteroatoms. The highest BCUT2D eigenvalue weighted by Crippen LogP contribution is 2.40. The van der Waals surface area contributed by atoms with Gasteiger partial charge in [0, 0.05) is 27.9 Å². The Balaban J connectivity index is 2.05. The minimum atomic E-state index is -0.725. The van der Waals surface area contributed by atoms with Crippen molar-refractivity contribution in [1.29, 1.82) is 0 Å². The van der Waals surface area contributed by atoms with Crippen molar-refractivity contribution in [3.05, 3.63) is 70.1 Å². The minimum Gasteiger partial charge on any atom is -0.370 e. The fourth-order valence-electron chi connectivity index (χ4n) is 3.26. The molecule has 0 bridgehead atoms. The highest BCUT2D eigenvalue weighted by Gasteiger charge is 2.32. The largest absolute Gasteiger partial charge is 0.370 e. The number of aryl methyl sites for hydroxylation is 1. The number of aliphatic imine (C=N–C) groups is 1. The number of hydrogen-bond donors (Lipinski definition) is 1. The fourth-order valence-corrected chi connectivity index (χ4v) is 3.38. The van der Waals surface area contributed by atoms with Crippen LogP contribution in [0.5, 0.6) is 0 Å². The van der Waals surface area contributed by atoms with E-state index < -0.39 is 17.9 Å². The Morgan fingerprint density at radius 2 is 2.00 bits per heavy atom. The molecule has 27 heavy (non-hydrogen) atoms. The number of pyridine rings is 1. The van der Waals surface area contributed by atoms with E-state index in [-0.39, 0.29) is 12.0 Å². The van der Waals surface area contributed by atoms with Gasteiger partial charge >= 0.3 is 0 Å². The molecule has 0 radical (unpaired) electrons. The van der Waals surface area contributed by atoms with Crippen LogP contribution in [-0.4, -0.2) is 21.8 Å². The third kappa shape index (κ3) is 3.00. The van der Waals surface area contributed by atoms with Gasteiger partial charge in [-0.2, -0.15) is 4.39 Å². The molecular formula is C19H14ClFN4O2. The Kier molecular flexibility index (Phi) is 4.24. The number of rotatable bonds is 3. The highest BCUT2D eigenvalue weighted by atomic mass is 35.5. The van der Waals surface area contributed by atoms with Crippen molar-refractivity contribution in [2.75, 3.05) is 0 Å². The van der Waals surface area contributed by atoms with E-state index in [1.807, 2.05) is 6.92 Å². The second kappa shape index (κ2) is 6.59. The summed E-state index contributed by atoms with van der Waals surface area (Å²) in [5, 5.41) is 4.37. The number of benzene rings is 1. The summed E-state index contributed by atoms with van der Waals surface area (Å²) in [6.07, 6.45) is 2.84. The molecule has 0 spiro atoms. The smallest absolute Gasteiger partial charge is 0.222 e. The fraction of sp³-hybridized carbons (Fsp3) is 0.158. The number of nitrogens with zero attached hydrogens (tertiary/aromatic N) is 3. The van der Waals surface area contributed by atoms with Gasteiger partial charge in [0.2, 0.25) is 11.9 Å². The van der Waals surface area contributed by atoms with Crippen LogP contribution in [0.2, 0.25) is 5.02 Å². The van der Waals surface area contributed by atoms with E-state index in [9.17, 15) is 9.18 Å². The Morgan fingerprint density at radius 3 is 2.70 bits per heavy atom. The molecule has 3 aromatic rings. The Hall–Kier alpha value is -3.06. The predicted molar refractivity (Wildman–Crippen MR) is 98.1 cm³/mol. The first-order chi connectivity index (χ1) is 13.0. The maximum atomic E-state index is 14.9. The van der Waals surface area contributed by atoms with Gasteiger partial charge in [-0.05, 0) is 24.6 Å². The molecule has 1 aromatic carbocycles. The molecule has 0 saturated heterocycles. The summed E-state index contributed by atoms with van der Waals surface area (Å²) in [6, 6.07) is 6.12. The van der Waals surface area contributed by atoms with E-state index >= 15 is 0 Å². The van der Waals surface area contributed by atoms with Crippen LogP contribution >= 0.6 is 11.6 Å². The third-order valence-corrected chi connectivity index (χ3v) is 4.68. The quantitative estimate of drug-likeness (QED) is 0.698. The van der Waals surface area contributed by atoms with Crippen molar-refractivity contribution in [2.24, 2.45) is 10.7 Å². The van der Waals surface area contributed by atoms with Crippen molar-refractivity contribution < 1.29 is 13.7 Å². The van der Waals surface area contributed by atoms with Gasteiger partial charge < -0.3 is 10.3 Å².